The van der Waals surface area contributed by atoms with Crippen molar-refractivity contribution in [1.29, 1.82) is 0 Å². The minimum Gasteiger partial charge on any atom is -0.336 e. The molecule has 2 rings (SSSR count). The molecule has 0 aromatic heterocycles. The Kier molecular flexibility index (Phi) is 2.90. The number of benzene rings is 1. The molecule has 1 amide bonds. The Morgan fingerprint density at radius 3 is 2.81 bits per heavy atom. The zero-order valence-corrected chi connectivity index (χ0v) is 9.04. The van der Waals surface area contributed by atoms with Crippen molar-refractivity contribution in [3.05, 3.63) is 35.4 Å². The van der Waals surface area contributed by atoms with Crippen molar-refractivity contribution < 1.29 is 13.6 Å². The van der Waals surface area contributed by atoms with E-state index in [1.165, 1.54) is 12.1 Å². The van der Waals surface area contributed by atoms with Gasteiger partial charge in [-0.25, -0.2) is 8.78 Å². The van der Waals surface area contributed by atoms with Crippen molar-refractivity contribution in [2.24, 2.45) is 0 Å². The molecule has 86 valence electrons. The second-order valence-electron chi connectivity index (χ2n) is 4.09. The van der Waals surface area contributed by atoms with Crippen molar-refractivity contribution in [1.82, 2.24) is 4.90 Å². The van der Waals surface area contributed by atoms with Gasteiger partial charge in [-0.2, -0.15) is 0 Å². The molecule has 1 heterocycles. The Hall–Kier alpha value is -1.45. The SMILES string of the molecule is CC1CCCN1C(=O)c1cccc(F)c1F. The van der Waals surface area contributed by atoms with Gasteiger partial charge in [0.05, 0.1) is 5.56 Å². The first-order valence-corrected chi connectivity index (χ1v) is 5.36. The van der Waals surface area contributed by atoms with Crippen LogP contribution in [0.4, 0.5) is 8.78 Å². The van der Waals surface area contributed by atoms with Gasteiger partial charge in [0, 0.05) is 12.6 Å². The first kappa shape index (κ1) is 11.0. The maximum absolute atomic E-state index is 13.4. The number of hydrogen-bond acceptors (Lipinski definition) is 1. The lowest BCUT2D eigenvalue weighted by Gasteiger charge is -2.21. The van der Waals surface area contributed by atoms with Gasteiger partial charge in [-0.05, 0) is 31.9 Å². The monoisotopic (exact) mass is 225 g/mol. The number of likely N-dealkylation sites (tertiary alicyclic amines) is 1. The number of rotatable bonds is 1. The molecule has 2 nitrogen and oxygen atoms in total. The average Bonchev–Trinajstić information content (AvgIpc) is 2.68. The molecule has 1 atom stereocenters. The van der Waals surface area contributed by atoms with Crippen molar-refractivity contribution in [3.63, 3.8) is 0 Å². The normalized spacial score (nSPS) is 20.2. The molecule has 16 heavy (non-hydrogen) atoms. The molecule has 0 aliphatic carbocycles. The largest absolute Gasteiger partial charge is 0.336 e. The van der Waals surface area contributed by atoms with Gasteiger partial charge in [0.1, 0.15) is 0 Å². The maximum atomic E-state index is 13.4. The minimum absolute atomic E-state index is 0.107. The lowest BCUT2D eigenvalue weighted by Crippen LogP contribution is -2.34. The van der Waals surface area contributed by atoms with E-state index in [0.717, 1.165) is 18.9 Å². The lowest BCUT2D eigenvalue weighted by atomic mass is 10.1. The molecular formula is C12H13F2NO. The van der Waals surface area contributed by atoms with Gasteiger partial charge in [-0.3, -0.25) is 4.79 Å². The number of hydrogen-bond donors (Lipinski definition) is 0. The third-order valence-corrected chi connectivity index (χ3v) is 3.00. The standard InChI is InChI=1S/C12H13F2NO/c1-8-4-3-7-15(8)12(16)9-5-2-6-10(13)11(9)14/h2,5-6,8H,3-4,7H2,1H3. The van der Waals surface area contributed by atoms with Gasteiger partial charge < -0.3 is 4.90 Å². The van der Waals surface area contributed by atoms with E-state index in [1.807, 2.05) is 6.92 Å². The molecule has 0 bridgehead atoms. The summed E-state index contributed by atoms with van der Waals surface area (Å²) in [6.45, 7) is 2.54. The molecule has 1 aromatic carbocycles. The van der Waals surface area contributed by atoms with Gasteiger partial charge >= 0.3 is 0 Å². The summed E-state index contributed by atoms with van der Waals surface area (Å²) in [7, 11) is 0. The highest BCUT2D eigenvalue weighted by atomic mass is 19.2. The Balaban J connectivity index is 2.30. The Morgan fingerprint density at radius 2 is 2.19 bits per heavy atom. The van der Waals surface area contributed by atoms with Crippen LogP contribution in [0.3, 0.4) is 0 Å². The van der Waals surface area contributed by atoms with Crippen molar-refractivity contribution in [2.45, 2.75) is 25.8 Å². The predicted octanol–water partition coefficient (Wildman–Crippen LogP) is 2.59. The fourth-order valence-electron chi connectivity index (χ4n) is 2.06. The third-order valence-electron chi connectivity index (χ3n) is 3.00. The molecule has 1 fully saturated rings. The lowest BCUT2D eigenvalue weighted by molar-refractivity contribution is 0.0741. The summed E-state index contributed by atoms with van der Waals surface area (Å²) in [4.78, 5) is 13.5. The molecule has 0 spiro atoms. The number of halogens is 2. The molecular weight excluding hydrogens is 212 g/mol. The first-order chi connectivity index (χ1) is 7.61. The van der Waals surface area contributed by atoms with E-state index in [1.54, 1.807) is 4.90 Å². The average molecular weight is 225 g/mol. The fourth-order valence-corrected chi connectivity index (χ4v) is 2.06. The molecule has 1 unspecified atom stereocenters. The maximum Gasteiger partial charge on any atom is 0.257 e. The van der Waals surface area contributed by atoms with Crippen LogP contribution in [0, 0.1) is 11.6 Å². The van der Waals surface area contributed by atoms with Crippen LogP contribution < -0.4 is 0 Å². The summed E-state index contributed by atoms with van der Waals surface area (Å²) >= 11 is 0. The van der Waals surface area contributed by atoms with Crippen LogP contribution in [-0.4, -0.2) is 23.4 Å². The number of carbonyl (C=O) groups is 1. The topological polar surface area (TPSA) is 20.3 Å². The van der Waals surface area contributed by atoms with Crippen LogP contribution in [0.5, 0.6) is 0 Å². The summed E-state index contributed by atoms with van der Waals surface area (Å²) < 4.78 is 26.4. The van der Waals surface area contributed by atoms with Crippen LogP contribution >= 0.6 is 0 Å². The molecule has 4 heteroatoms. The summed E-state index contributed by atoms with van der Waals surface area (Å²) in [5.74, 6) is -2.44. The van der Waals surface area contributed by atoms with E-state index < -0.39 is 17.5 Å². The second-order valence-corrected chi connectivity index (χ2v) is 4.09. The summed E-state index contributed by atoms with van der Waals surface area (Å²) in [5, 5.41) is 0. The van der Waals surface area contributed by atoms with Gasteiger partial charge in [0.25, 0.3) is 5.91 Å². The summed E-state index contributed by atoms with van der Waals surface area (Å²) in [6.07, 6.45) is 1.84. The molecule has 1 aromatic rings. The quantitative estimate of drug-likeness (QED) is 0.719. The molecule has 1 saturated heterocycles. The highest BCUT2D eigenvalue weighted by Gasteiger charge is 2.28. The molecule has 0 radical (unpaired) electrons. The van der Waals surface area contributed by atoms with E-state index in [0.29, 0.717) is 6.54 Å². The minimum atomic E-state index is -1.05. The predicted molar refractivity (Wildman–Crippen MR) is 56.1 cm³/mol. The summed E-state index contributed by atoms with van der Waals surface area (Å²) in [5.41, 5.74) is -0.172. The number of nitrogens with zero attached hydrogens (tertiary/aromatic N) is 1. The second kappa shape index (κ2) is 4.20. The summed E-state index contributed by atoms with van der Waals surface area (Å²) in [6, 6.07) is 3.80. The number of carbonyl (C=O) groups excluding carboxylic acids is 1. The van der Waals surface area contributed by atoms with Crippen LogP contribution in [-0.2, 0) is 0 Å². The van der Waals surface area contributed by atoms with Gasteiger partial charge in [-0.1, -0.05) is 6.07 Å². The molecule has 1 aliphatic heterocycles. The zero-order valence-electron chi connectivity index (χ0n) is 9.04. The Morgan fingerprint density at radius 1 is 1.44 bits per heavy atom. The van der Waals surface area contributed by atoms with E-state index in [-0.39, 0.29) is 11.6 Å². The van der Waals surface area contributed by atoms with E-state index in [9.17, 15) is 13.6 Å². The zero-order chi connectivity index (χ0) is 11.7. The smallest absolute Gasteiger partial charge is 0.257 e. The Labute approximate surface area is 92.9 Å². The van der Waals surface area contributed by atoms with Crippen LogP contribution in [0.2, 0.25) is 0 Å². The van der Waals surface area contributed by atoms with Crippen molar-refractivity contribution in [3.8, 4) is 0 Å². The third kappa shape index (κ3) is 1.79. The van der Waals surface area contributed by atoms with E-state index in [2.05, 4.69) is 0 Å². The highest BCUT2D eigenvalue weighted by Crippen LogP contribution is 2.21. The van der Waals surface area contributed by atoms with Crippen molar-refractivity contribution in [2.75, 3.05) is 6.54 Å². The van der Waals surface area contributed by atoms with Crippen LogP contribution in [0.1, 0.15) is 30.1 Å². The van der Waals surface area contributed by atoms with Gasteiger partial charge in [0.15, 0.2) is 11.6 Å². The van der Waals surface area contributed by atoms with Gasteiger partial charge in [0.2, 0.25) is 0 Å². The number of amides is 1. The van der Waals surface area contributed by atoms with Crippen LogP contribution in [0.15, 0.2) is 18.2 Å². The molecule has 0 N–H and O–H groups in total. The highest BCUT2D eigenvalue weighted by molar-refractivity contribution is 5.94. The Bertz CT molecular complexity index is 419. The molecule has 0 saturated carbocycles. The van der Waals surface area contributed by atoms with Gasteiger partial charge in [-0.15, -0.1) is 0 Å². The van der Waals surface area contributed by atoms with Crippen LogP contribution in [0.25, 0.3) is 0 Å². The van der Waals surface area contributed by atoms with Crippen molar-refractivity contribution >= 4 is 5.91 Å². The van der Waals surface area contributed by atoms with E-state index >= 15 is 0 Å². The molecule has 1 aliphatic rings. The first-order valence-electron chi connectivity index (χ1n) is 5.36. The fraction of sp³-hybridized carbons (Fsp3) is 0.417. The van der Waals surface area contributed by atoms with E-state index in [4.69, 9.17) is 0 Å².